The van der Waals surface area contributed by atoms with Gasteiger partial charge in [0.15, 0.2) is 6.10 Å². The van der Waals surface area contributed by atoms with E-state index in [4.69, 9.17) is 10.5 Å². The van der Waals surface area contributed by atoms with Gasteiger partial charge in [0.1, 0.15) is 11.6 Å². The molecule has 1 atom stereocenters. The molecule has 1 unspecified atom stereocenters. The van der Waals surface area contributed by atoms with Crippen molar-refractivity contribution in [2.45, 2.75) is 32.3 Å². The van der Waals surface area contributed by atoms with Crippen LogP contribution in [-0.4, -0.2) is 18.6 Å². The number of anilines is 2. The van der Waals surface area contributed by atoms with Crippen molar-refractivity contribution in [2.75, 3.05) is 17.2 Å². The molecule has 0 saturated carbocycles. The number of hydrogen-bond acceptors (Lipinski definition) is 3. The van der Waals surface area contributed by atoms with Crippen LogP contribution in [0.15, 0.2) is 42.5 Å². The van der Waals surface area contributed by atoms with Gasteiger partial charge < -0.3 is 15.4 Å². The summed E-state index contributed by atoms with van der Waals surface area (Å²) in [6.45, 7) is 2.69. The number of carbonyl (C=O) groups excluding carboxylic acids is 1. The number of hydrogen-bond donors (Lipinski definition) is 1. The van der Waals surface area contributed by atoms with Crippen LogP contribution >= 0.6 is 0 Å². The van der Waals surface area contributed by atoms with E-state index >= 15 is 0 Å². The van der Waals surface area contributed by atoms with Gasteiger partial charge in [-0.15, -0.1) is 0 Å². The number of unbranched alkanes of at least 4 members (excludes halogenated alkanes) is 1. The van der Waals surface area contributed by atoms with Gasteiger partial charge in [-0.3, -0.25) is 4.79 Å². The molecule has 3 rings (SSSR count). The lowest BCUT2D eigenvalue weighted by atomic mass is 10.0. The predicted molar refractivity (Wildman–Crippen MR) is 92.6 cm³/mol. The molecular formula is C19H21FN2O2. The van der Waals surface area contributed by atoms with Crippen LogP contribution in [0, 0.1) is 5.82 Å². The predicted octanol–water partition coefficient (Wildman–Crippen LogP) is 3.54. The van der Waals surface area contributed by atoms with Crippen molar-refractivity contribution in [3.63, 3.8) is 0 Å². The normalized spacial score (nSPS) is 16.7. The lowest BCUT2D eigenvalue weighted by Gasteiger charge is -2.34. The Kier molecular flexibility index (Phi) is 4.69. The molecule has 0 aliphatic carbocycles. The quantitative estimate of drug-likeness (QED) is 0.854. The molecule has 5 heteroatoms. The molecule has 1 heterocycles. The number of benzene rings is 2. The molecule has 2 N–H and O–H groups in total. The molecule has 0 spiro atoms. The Morgan fingerprint density at radius 1 is 1.25 bits per heavy atom. The number of nitrogens with zero attached hydrogens (tertiary/aromatic N) is 1. The largest absolute Gasteiger partial charge is 0.478 e. The molecule has 4 nitrogen and oxygen atoms in total. The third-order valence-corrected chi connectivity index (χ3v) is 4.18. The highest BCUT2D eigenvalue weighted by atomic mass is 19.1. The first-order valence-corrected chi connectivity index (χ1v) is 8.21. The van der Waals surface area contributed by atoms with E-state index in [1.165, 1.54) is 6.07 Å². The van der Waals surface area contributed by atoms with Crippen LogP contribution in [0.25, 0.3) is 0 Å². The van der Waals surface area contributed by atoms with Crippen LogP contribution in [0.3, 0.4) is 0 Å². The lowest BCUT2D eigenvalue weighted by molar-refractivity contribution is -0.126. The van der Waals surface area contributed by atoms with Crippen molar-refractivity contribution in [1.29, 1.82) is 0 Å². The van der Waals surface area contributed by atoms with E-state index in [1.54, 1.807) is 41.3 Å². The van der Waals surface area contributed by atoms with Crippen LogP contribution in [0.2, 0.25) is 0 Å². The first-order valence-electron chi connectivity index (χ1n) is 8.21. The number of ether oxygens (including phenoxy) is 1. The van der Waals surface area contributed by atoms with Crippen LogP contribution in [0.4, 0.5) is 15.8 Å². The minimum absolute atomic E-state index is 0.135. The number of nitrogen functional groups attached to an aromatic ring is 1. The molecule has 1 amide bonds. The number of rotatable bonds is 5. The standard InChI is InChI=1S/C19H21FN2O2/c1-2-3-10-22-16-9-8-14(21)12-17(16)24-18(19(22)23)11-13-6-4-5-7-15(13)20/h4-9,12,18H,2-3,10-11,21H2,1H3. The van der Waals surface area contributed by atoms with E-state index in [1.807, 2.05) is 0 Å². The van der Waals surface area contributed by atoms with E-state index in [0.29, 0.717) is 23.5 Å². The molecule has 1 aliphatic rings. The summed E-state index contributed by atoms with van der Waals surface area (Å²) in [5.74, 6) is 0.114. The fraction of sp³-hybridized carbons (Fsp3) is 0.316. The Morgan fingerprint density at radius 2 is 2.04 bits per heavy atom. The zero-order valence-electron chi connectivity index (χ0n) is 13.7. The molecule has 0 bridgehead atoms. The second-order valence-electron chi connectivity index (χ2n) is 5.97. The molecule has 0 saturated heterocycles. The van der Waals surface area contributed by atoms with Gasteiger partial charge in [-0.05, 0) is 30.2 Å². The first-order chi connectivity index (χ1) is 11.6. The van der Waals surface area contributed by atoms with Gasteiger partial charge in [0.2, 0.25) is 0 Å². The molecule has 1 aliphatic heterocycles. The number of halogens is 1. The number of carbonyl (C=O) groups is 1. The number of nitrogens with two attached hydrogens (primary N) is 1. The summed E-state index contributed by atoms with van der Waals surface area (Å²) in [5.41, 5.74) is 7.61. The summed E-state index contributed by atoms with van der Waals surface area (Å²) in [4.78, 5) is 14.6. The summed E-state index contributed by atoms with van der Waals surface area (Å²) in [6, 6.07) is 11.7. The highest BCUT2D eigenvalue weighted by Gasteiger charge is 2.34. The third kappa shape index (κ3) is 3.20. The van der Waals surface area contributed by atoms with Crippen molar-refractivity contribution in [2.24, 2.45) is 0 Å². The summed E-state index contributed by atoms with van der Waals surface area (Å²) in [7, 11) is 0. The van der Waals surface area contributed by atoms with Crippen LogP contribution in [0.1, 0.15) is 25.3 Å². The zero-order chi connectivity index (χ0) is 17.1. The Balaban J connectivity index is 1.91. The maximum Gasteiger partial charge on any atom is 0.268 e. The van der Waals surface area contributed by atoms with Crippen molar-refractivity contribution >= 4 is 17.3 Å². The highest BCUT2D eigenvalue weighted by molar-refractivity contribution is 6.00. The van der Waals surface area contributed by atoms with E-state index in [0.717, 1.165) is 18.5 Å². The van der Waals surface area contributed by atoms with E-state index in [-0.39, 0.29) is 18.1 Å². The maximum atomic E-state index is 13.9. The molecule has 126 valence electrons. The Bertz CT molecular complexity index is 748. The molecule has 2 aromatic carbocycles. The SMILES string of the molecule is CCCCN1C(=O)C(Cc2ccccc2F)Oc2cc(N)ccc21. The van der Waals surface area contributed by atoms with E-state index in [2.05, 4.69) is 6.92 Å². The van der Waals surface area contributed by atoms with Gasteiger partial charge in [0, 0.05) is 24.7 Å². The number of amides is 1. The number of fused-ring (bicyclic) bond motifs is 1. The minimum atomic E-state index is -0.743. The van der Waals surface area contributed by atoms with E-state index < -0.39 is 6.10 Å². The molecule has 0 aromatic heterocycles. The van der Waals surface area contributed by atoms with Gasteiger partial charge in [-0.25, -0.2) is 4.39 Å². The second kappa shape index (κ2) is 6.91. The molecular weight excluding hydrogens is 307 g/mol. The summed E-state index contributed by atoms with van der Waals surface area (Å²) >= 11 is 0. The van der Waals surface area contributed by atoms with Crippen molar-refractivity contribution in [3.8, 4) is 5.75 Å². The monoisotopic (exact) mass is 328 g/mol. The molecule has 24 heavy (non-hydrogen) atoms. The van der Waals surface area contributed by atoms with Gasteiger partial charge in [0.05, 0.1) is 5.69 Å². The van der Waals surface area contributed by atoms with Gasteiger partial charge in [0.25, 0.3) is 5.91 Å². The molecule has 0 fully saturated rings. The minimum Gasteiger partial charge on any atom is -0.478 e. The van der Waals surface area contributed by atoms with Crippen molar-refractivity contribution < 1.29 is 13.9 Å². The van der Waals surface area contributed by atoms with Gasteiger partial charge >= 0.3 is 0 Å². The van der Waals surface area contributed by atoms with E-state index in [9.17, 15) is 9.18 Å². The molecule has 0 radical (unpaired) electrons. The smallest absolute Gasteiger partial charge is 0.268 e. The average Bonchev–Trinajstić information content (AvgIpc) is 2.57. The van der Waals surface area contributed by atoms with Gasteiger partial charge in [-0.2, -0.15) is 0 Å². The Labute approximate surface area is 141 Å². The molecule has 2 aromatic rings. The topological polar surface area (TPSA) is 55.6 Å². The third-order valence-electron chi connectivity index (χ3n) is 4.18. The van der Waals surface area contributed by atoms with Gasteiger partial charge in [-0.1, -0.05) is 31.5 Å². The Hall–Kier alpha value is -2.56. The summed E-state index contributed by atoms with van der Waals surface area (Å²) in [6.07, 6.45) is 1.32. The summed E-state index contributed by atoms with van der Waals surface area (Å²) < 4.78 is 19.8. The second-order valence-corrected chi connectivity index (χ2v) is 5.97. The van der Waals surface area contributed by atoms with Crippen molar-refractivity contribution in [3.05, 3.63) is 53.8 Å². The maximum absolute atomic E-state index is 13.9. The average molecular weight is 328 g/mol. The first kappa shape index (κ1) is 16.3. The Morgan fingerprint density at radius 3 is 2.79 bits per heavy atom. The van der Waals surface area contributed by atoms with Crippen molar-refractivity contribution in [1.82, 2.24) is 0 Å². The fourth-order valence-corrected chi connectivity index (χ4v) is 2.88. The zero-order valence-corrected chi connectivity index (χ0v) is 13.7. The van der Waals surface area contributed by atoms with Crippen LogP contribution in [-0.2, 0) is 11.2 Å². The highest BCUT2D eigenvalue weighted by Crippen LogP contribution is 2.36. The van der Waals surface area contributed by atoms with Crippen LogP contribution in [0.5, 0.6) is 5.75 Å². The fourth-order valence-electron chi connectivity index (χ4n) is 2.88. The van der Waals surface area contributed by atoms with Crippen LogP contribution < -0.4 is 15.4 Å². The summed E-state index contributed by atoms with van der Waals surface area (Å²) in [5, 5.41) is 0. The lowest BCUT2D eigenvalue weighted by Crippen LogP contribution is -2.47.